The highest BCUT2D eigenvalue weighted by molar-refractivity contribution is 7.92. The maximum Gasteiger partial charge on any atom is 0.266 e. The summed E-state index contributed by atoms with van der Waals surface area (Å²) in [6.07, 6.45) is 1.06. The molecule has 0 saturated carbocycles. The van der Waals surface area contributed by atoms with Crippen molar-refractivity contribution in [2.75, 3.05) is 16.3 Å². The molecule has 0 spiro atoms. The number of amides is 1. The Labute approximate surface area is 121 Å². The summed E-state index contributed by atoms with van der Waals surface area (Å²) in [6, 6.07) is 8.52. The molecule has 20 heavy (non-hydrogen) atoms. The fraction of sp³-hybridized carbons (Fsp3) is 0.154. The summed E-state index contributed by atoms with van der Waals surface area (Å²) in [5, 5.41) is 4.56. The quantitative estimate of drug-likeness (QED) is 0.911. The summed E-state index contributed by atoms with van der Waals surface area (Å²) in [7, 11) is -3.40. The van der Waals surface area contributed by atoms with Gasteiger partial charge in [-0.1, -0.05) is 12.1 Å². The molecule has 7 heteroatoms. The predicted molar refractivity (Wildman–Crippen MR) is 81.9 cm³/mol. The maximum atomic E-state index is 12.1. The molecule has 106 valence electrons. The molecule has 0 unspecified atom stereocenters. The highest BCUT2D eigenvalue weighted by Crippen LogP contribution is 2.24. The van der Waals surface area contributed by atoms with E-state index in [0.29, 0.717) is 16.3 Å². The van der Waals surface area contributed by atoms with Crippen LogP contribution in [0.5, 0.6) is 0 Å². The molecule has 1 heterocycles. The van der Waals surface area contributed by atoms with Crippen molar-refractivity contribution in [2.24, 2.45) is 0 Å². The Kier molecular flexibility index (Phi) is 4.10. The van der Waals surface area contributed by atoms with Crippen LogP contribution in [0.3, 0.4) is 0 Å². The topological polar surface area (TPSA) is 75.3 Å². The van der Waals surface area contributed by atoms with Gasteiger partial charge in [0.05, 0.1) is 22.5 Å². The van der Waals surface area contributed by atoms with E-state index >= 15 is 0 Å². The van der Waals surface area contributed by atoms with Crippen LogP contribution in [0.1, 0.15) is 15.2 Å². The predicted octanol–water partition coefficient (Wildman–Crippen LogP) is 2.68. The zero-order valence-corrected chi connectivity index (χ0v) is 12.6. The van der Waals surface area contributed by atoms with Gasteiger partial charge in [-0.15, -0.1) is 11.3 Å². The van der Waals surface area contributed by atoms with Gasteiger partial charge in [-0.05, 0) is 36.1 Å². The van der Waals surface area contributed by atoms with Crippen LogP contribution in [-0.2, 0) is 10.0 Å². The lowest BCUT2D eigenvalue weighted by Crippen LogP contribution is -2.15. The normalized spacial score (nSPS) is 11.1. The molecule has 0 aliphatic heterocycles. The molecule has 0 saturated heterocycles. The van der Waals surface area contributed by atoms with Gasteiger partial charge in [-0.3, -0.25) is 9.52 Å². The van der Waals surface area contributed by atoms with Crippen LogP contribution in [0, 0.1) is 6.92 Å². The van der Waals surface area contributed by atoms with Gasteiger partial charge in [-0.25, -0.2) is 8.42 Å². The zero-order chi connectivity index (χ0) is 14.8. The lowest BCUT2D eigenvalue weighted by molar-refractivity contribution is 0.103. The average molecular weight is 310 g/mol. The standard InChI is InChI=1S/C13H14N2O3S2/c1-9-7-8-19-12(9)13(16)14-10-5-3-4-6-11(10)15-20(2,17)18/h3-8,15H,1-2H3,(H,14,16). The SMILES string of the molecule is Cc1ccsc1C(=O)Nc1ccccc1NS(C)(=O)=O. The van der Waals surface area contributed by atoms with E-state index in [0.717, 1.165) is 11.8 Å². The van der Waals surface area contributed by atoms with E-state index in [1.165, 1.54) is 11.3 Å². The van der Waals surface area contributed by atoms with E-state index in [2.05, 4.69) is 10.0 Å². The Bertz CT molecular complexity index is 736. The lowest BCUT2D eigenvalue weighted by atomic mass is 10.2. The van der Waals surface area contributed by atoms with Crippen LogP contribution in [0.15, 0.2) is 35.7 Å². The largest absolute Gasteiger partial charge is 0.319 e. The minimum absolute atomic E-state index is 0.250. The number of rotatable bonds is 4. The van der Waals surface area contributed by atoms with Gasteiger partial charge in [-0.2, -0.15) is 0 Å². The van der Waals surface area contributed by atoms with Crippen molar-refractivity contribution in [3.05, 3.63) is 46.2 Å². The fourth-order valence-corrected chi connectivity index (χ4v) is 3.06. The van der Waals surface area contributed by atoms with Crippen molar-refractivity contribution in [3.8, 4) is 0 Å². The second-order valence-corrected chi connectivity index (χ2v) is 6.97. The number of nitrogens with one attached hydrogen (secondary N) is 2. The molecule has 1 amide bonds. The molecule has 0 bridgehead atoms. The highest BCUT2D eigenvalue weighted by atomic mass is 32.2. The van der Waals surface area contributed by atoms with Crippen molar-refractivity contribution in [1.29, 1.82) is 0 Å². The van der Waals surface area contributed by atoms with Crippen molar-refractivity contribution in [1.82, 2.24) is 0 Å². The van der Waals surface area contributed by atoms with Crippen LogP contribution in [0.25, 0.3) is 0 Å². The van der Waals surface area contributed by atoms with Gasteiger partial charge in [0.1, 0.15) is 0 Å². The molecule has 2 aromatic rings. The Hall–Kier alpha value is -1.86. The van der Waals surface area contributed by atoms with Gasteiger partial charge >= 0.3 is 0 Å². The number of para-hydroxylation sites is 2. The Morgan fingerprint density at radius 1 is 1.15 bits per heavy atom. The molecular formula is C13H14N2O3S2. The van der Waals surface area contributed by atoms with E-state index in [-0.39, 0.29) is 5.91 Å². The van der Waals surface area contributed by atoms with Crippen LogP contribution in [-0.4, -0.2) is 20.6 Å². The Balaban J connectivity index is 2.26. The Morgan fingerprint density at radius 2 is 1.80 bits per heavy atom. The lowest BCUT2D eigenvalue weighted by Gasteiger charge is -2.11. The van der Waals surface area contributed by atoms with E-state index in [9.17, 15) is 13.2 Å². The van der Waals surface area contributed by atoms with Gasteiger partial charge in [0.15, 0.2) is 0 Å². The van der Waals surface area contributed by atoms with Crippen molar-refractivity contribution < 1.29 is 13.2 Å². The summed E-state index contributed by atoms with van der Waals surface area (Å²) in [4.78, 5) is 12.7. The molecule has 1 aromatic heterocycles. The van der Waals surface area contributed by atoms with E-state index in [1.807, 2.05) is 18.4 Å². The first-order valence-corrected chi connectivity index (χ1v) is 8.56. The average Bonchev–Trinajstić information content (AvgIpc) is 2.76. The molecule has 5 nitrogen and oxygen atoms in total. The fourth-order valence-electron chi connectivity index (χ4n) is 1.67. The number of carbonyl (C=O) groups excluding carboxylic acids is 1. The molecule has 0 aliphatic rings. The molecule has 0 aliphatic carbocycles. The molecule has 0 fully saturated rings. The van der Waals surface area contributed by atoms with Crippen LogP contribution < -0.4 is 10.0 Å². The number of sulfonamides is 1. The molecule has 0 radical (unpaired) electrons. The van der Waals surface area contributed by atoms with Crippen molar-refractivity contribution in [2.45, 2.75) is 6.92 Å². The molecule has 0 atom stereocenters. The second-order valence-electron chi connectivity index (χ2n) is 4.31. The van der Waals surface area contributed by atoms with Crippen LogP contribution >= 0.6 is 11.3 Å². The van der Waals surface area contributed by atoms with E-state index < -0.39 is 10.0 Å². The first-order valence-electron chi connectivity index (χ1n) is 5.79. The van der Waals surface area contributed by atoms with Gasteiger partial charge in [0.2, 0.25) is 10.0 Å². The third-order valence-corrected chi connectivity index (χ3v) is 4.14. The smallest absolute Gasteiger partial charge is 0.266 e. The third kappa shape index (κ3) is 3.58. The maximum absolute atomic E-state index is 12.1. The molecule has 2 N–H and O–H groups in total. The zero-order valence-electron chi connectivity index (χ0n) is 11.0. The van der Waals surface area contributed by atoms with Crippen LogP contribution in [0.4, 0.5) is 11.4 Å². The molecule has 1 aromatic carbocycles. The van der Waals surface area contributed by atoms with Crippen molar-refractivity contribution in [3.63, 3.8) is 0 Å². The number of hydrogen-bond donors (Lipinski definition) is 2. The van der Waals surface area contributed by atoms with E-state index in [1.54, 1.807) is 24.3 Å². The summed E-state index contributed by atoms with van der Waals surface area (Å²) in [5.74, 6) is -0.250. The number of benzene rings is 1. The summed E-state index contributed by atoms with van der Waals surface area (Å²) >= 11 is 1.35. The highest BCUT2D eigenvalue weighted by Gasteiger charge is 2.13. The summed E-state index contributed by atoms with van der Waals surface area (Å²) in [5.41, 5.74) is 1.66. The first kappa shape index (κ1) is 14.5. The molecule has 2 rings (SSSR count). The van der Waals surface area contributed by atoms with Gasteiger partial charge in [0.25, 0.3) is 5.91 Å². The number of carbonyl (C=O) groups is 1. The first-order chi connectivity index (χ1) is 9.37. The minimum atomic E-state index is -3.40. The van der Waals surface area contributed by atoms with Crippen LogP contribution in [0.2, 0.25) is 0 Å². The second kappa shape index (κ2) is 5.64. The number of anilines is 2. The van der Waals surface area contributed by atoms with Crippen molar-refractivity contribution >= 4 is 38.6 Å². The molecular weight excluding hydrogens is 296 g/mol. The minimum Gasteiger partial charge on any atom is -0.319 e. The number of hydrogen-bond acceptors (Lipinski definition) is 4. The van der Waals surface area contributed by atoms with Gasteiger partial charge < -0.3 is 5.32 Å². The van der Waals surface area contributed by atoms with E-state index in [4.69, 9.17) is 0 Å². The Morgan fingerprint density at radius 3 is 2.35 bits per heavy atom. The number of thiophene rings is 1. The van der Waals surface area contributed by atoms with Gasteiger partial charge in [0, 0.05) is 0 Å². The summed E-state index contributed by atoms with van der Waals surface area (Å²) in [6.45, 7) is 1.85. The third-order valence-electron chi connectivity index (χ3n) is 2.54. The summed E-state index contributed by atoms with van der Waals surface area (Å²) < 4.78 is 25.0. The monoisotopic (exact) mass is 310 g/mol. The number of aryl methyl sites for hydroxylation is 1.